The van der Waals surface area contributed by atoms with Crippen molar-refractivity contribution in [2.75, 3.05) is 12.8 Å². The lowest BCUT2D eigenvalue weighted by Crippen LogP contribution is -2.50. The van der Waals surface area contributed by atoms with Gasteiger partial charge >= 0.3 is 5.97 Å². The van der Waals surface area contributed by atoms with E-state index in [1.54, 1.807) is 0 Å². The monoisotopic (exact) mass is 484 g/mol. The van der Waals surface area contributed by atoms with E-state index in [1.807, 2.05) is 0 Å². The first-order chi connectivity index (χ1) is 14.8. The van der Waals surface area contributed by atoms with Crippen LogP contribution in [0.25, 0.3) is 11.9 Å². The van der Waals surface area contributed by atoms with E-state index in [0.29, 0.717) is 0 Å². The van der Waals surface area contributed by atoms with Gasteiger partial charge in [0.15, 0.2) is 5.75 Å². The Morgan fingerprint density at radius 1 is 1.38 bits per heavy atom. The van der Waals surface area contributed by atoms with Crippen LogP contribution in [0.5, 0.6) is 5.75 Å². The lowest BCUT2D eigenvalue weighted by atomic mass is 9.92. The number of hydrogen-bond donors (Lipinski definition) is 1. The summed E-state index contributed by atoms with van der Waals surface area (Å²) in [7, 11) is -2.57. The van der Waals surface area contributed by atoms with Gasteiger partial charge in [0.1, 0.15) is 27.9 Å². The topological polar surface area (TPSA) is 115 Å². The van der Waals surface area contributed by atoms with E-state index in [2.05, 4.69) is 9.98 Å². The summed E-state index contributed by atoms with van der Waals surface area (Å²) in [6, 6.07) is 4.82. The Bertz CT molecular complexity index is 1270. The Kier molecular flexibility index (Phi) is 6.25. The van der Waals surface area contributed by atoms with E-state index < -0.39 is 38.9 Å². The Morgan fingerprint density at radius 2 is 2.06 bits per heavy atom. The molecular formula is C20H19ClF2N4O4S. The molecule has 0 fully saturated rings. The number of pyridine rings is 1. The van der Waals surface area contributed by atoms with Gasteiger partial charge in [-0.2, -0.15) is 0 Å². The number of hydrogen-bond acceptors (Lipinski definition) is 7. The molecule has 0 radical (unpaired) electrons. The third-order valence-electron chi connectivity index (χ3n) is 4.75. The highest BCUT2D eigenvalue weighted by atomic mass is 35.5. The summed E-state index contributed by atoms with van der Waals surface area (Å²) in [6.07, 6.45) is 2.19. The highest BCUT2D eigenvalue weighted by Crippen LogP contribution is 2.35. The third-order valence-corrected chi connectivity index (χ3v) is 6.98. The number of ether oxygens (including phenoxy) is 1. The molecule has 0 saturated heterocycles. The molecule has 32 heavy (non-hydrogen) atoms. The number of sulfonamides is 1. The van der Waals surface area contributed by atoms with Crippen molar-refractivity contribution in [3.63, 3.8) is 0 Å². The summed E-state index contributed by atoms with van der Waals surface area (Å²) in [4.78, 5) is 19.2. The standard InChI is InChI=1S/C20H19ClF2N4O4S/c1-11(28)31-18-8-17(25-9-14(18)21)16(23)7-12-4-5-15(22)13(6-12)20(2)10-32(29,30)27(3)19(24)26-20/h4-9H,10H2,1-3H3,(H2,24,26)/b16-7-/t20-/m0/s1. The van der Waals surface area contributed by atoms with Crippen LogP contribution in [-0.2, 0) is 20.4 Å². The molecule has 1 atom stereocenters. The normalized spacial score (nSPS) is 20.6. The molecule has 0 aliphatic carbocycles. The molecule has 1 aromatic heterocycles. The zero-order valence-electron chi connectivity index (χ0n) is 17.3. The van der Waals surface area contributed by atoms with Gasteiger partial charge in [0, 0.05) is 25.6 Å². The first-order valence-corrected chi connectivity index (χ1v) is 11.1. The summed E-state index contributed by atoms with van der Waals surface area (Å²) < 4.78 is 60.0. The van der Waals surface area contributed by atoms with Crippen molar-refractivity contribution in [3.8, 4) is 5.75 Å². The summed E-state index contributed by atoms with van der Waals surface area (Å²) in [5, 5.41) is 0.0210. The maximum atomic E-state index is 14.8. The second-order valence-corrected chi connectivity index (χ2v) is 9.70. The van der Waals surface area contributed by atoms with Crippen molar-refractivity contribution >= 4 is 45.5 Å². The first-order valence-electron chi connectivity index (χ1n) is 9.16. The van der Waals surface area contributed by atoms with Crippen LogP contribution in [0, 0.1) is 5.82 Å². The van der Waals surface area contributed by atoms with Crippen LogP contribution in [-0.4, -0.2) is 42.4 Å². The number of esters is 1. The van der Waals surface area contributed by atoms with Gasteiger partial charge in [-0.3, -0.25) is 9.78 Å². The van der Waals surface area contributed by atoms with Crippen LogP contribution < -0.4 is 10.5 Å². The minimum atomic E-state index is -3.82. The van der Waals surface area contributed by atoms with Crippen LogP contribution in [0.3, 0.4) is 0 Å². The molecule has 1 aliphatic rings. The number of nitrogens with zero attached hydrogens (tertiary/aromatic N) is 3. The molecule has 1 aliphatic heterocycles. The molecular weight excluding hydrogens is 466 g/mol. The van der Waals surface area contributed by atoms with E-state index in [-0.39, 0.29) is 33.6 Å². The Labute approximate surface area is 188 Å². The van der Waals surface area contributed by atoms with Gasteiger partial charge in [-0.1, -0.05) is 17.7 Å². The maximum Gasteiger partial charge on any atom is 0.308 e. The number of aliphatic imine (C=N–C) groups is 1. The fourth-order valence-corrected chi connectivity index (χ4v) is 4.73. The van der Waals surface area contributed by atoms with Gasteiger partial charge in [0.2, 0.25) is 16.0 Å². The van der Waals surface area contributed by atoms with Crippen molar-refractivity contribution in [1.29, 1.82) is 0 Å². The molecule has 3 rings (SSSR count). The Hall–Kier alpha value is -3.05. The van der Waals surface area contributed by atoms with Gasteiger partial charge in [-0.05, 0) is 30.7 Å². The molecule has 0 spiro atoms. The SMILES string of the molecule is CC(=O)Oc1cc(/C(F)=C/c2ccc(F)c([C@]3(C)CS(=O)(=O)N(C)C(N)=N3)c2)ncc1Cl. The summed E-state index contributed by atoms with van der Waals surface area (Å²) in [5.74, 6) is -3.05. The average Bonchev–Trinajstić information content (AvgIpc) is 2.68. The molecule has 170 valence electrons. The van der Waals surface area contributed by atoms with Gasteiger partial charge < -0.3 is 10.5 Å². The van der Waals surface area contributed by atoms with E-state index in [4.69, 9.17) is 22.1 Å². The molecule has 12 heteroatoms. The zero-order valence-corrected chi connectivity index (χ0v) is 18.8. The van der Waals surface area contributed by atoms with Crippen LogP contribution in [0.1, 0.15) is 30.7 Å². The molecule has 2 heterocycles. The van der Waals surface area contributed by atoms with Gasteiger partial charge in [0.25, 0.3) is 0 Å². The predicted molar refractivity (Wildman–Crippen MR) is 116 cm³/mol. The minimum Gasteiger partial charge on any atom is -0.425 e. The Balaban J connectivity index is 2.03. The van der Waals surface area contributed by atoms with Crippen LogP contribution in [0.4, 0.5) is 8.78 Å². The van der Waals surface area contributed by atoms with Crippen molar-refractivity contribution in [2.45, 2.75) is 19.4 Å². The smallest absolute Gasteiger partial charge is 0.308 e. The van der Waals surface area contributed by atoms with Crippen LogP contribution >= 0.6 is 11.6 Å². The molecule has 0 bridgehead atoms. The predicted octanol–water partition coefficient (Wildman–Crippen LogP) is 3.07. The second kappa shape index (κ2) is 8.47. The second-order valence-electron chi connectivity index (χ2n) is 7.29. The fourth-order valence-electron chi connectivity index (χ4n) is 3.14. The number of halogens is 3. The van der Waals surface area contributed by atoms with Crippen molar-refractivity contribution < 1.29 is 26.7 Å². The number of carbonyl (C=O) groups is 1. The summed E-state index contributed by atoms with van der Waals surface area (Å²) >= 11 is 5.89. The van der Waals surface area contributed by atoms with Gasteiger partial charge in [0.05, 0.1) is 11.9 Å². The largest absolute Gasteiger partial charge is 0.425 e. The third kappa shape index (κ3) is 4.73. The maximum absolute atomic E-state index is 14.8. The number of aromatic nitrogens is 1. The molecule has 0 unspecified atom stereocenters. The molecule has 8 nitrogen and oxygen atoms in total. The highest BCUT2D eigenvalue weighted by molar-refractivity contribution is 7.89. The molecule has 1 aromatic carbocycles. The van der Waals surface area contributed by atoms with Gasteiger partial charge in [-0.25, -0.2) is 26.5 Å². The van der Waals surface area contributed by atoms with Crippen molar-refractivity contribution in [1.82, 2.24) is 9.29 Å². The summed E-state index contributed by atoms with van der Waals surface area (Å²) in [5.41, 5.74) is 4.18. The number of guanidine groups is 1. The number of benzene rings is 1. The van der Waals surface area contributed by atoms with E-state index in [9.17, 15) is 22.0 Å². The minimum absolute atomic E-state index is 0.0210. The summed E-state index contributed by atoms with van der Waals surface area (Å²) in [6.45, 7) is 2.60. The van der Waals surface area contributed by atoms with Crippen molar-refractivity contribution in [3.05, 3.63) is 58.1 Å². The quantitative estimate of drug-likeness (QED) is 0.667. The van der Waals surface area contributed by atoms with E-state index in [1.165, 1.54) is 33.0 Å². The average molecular weight is 485 g/mol. The van der Waals surface area contributed by atoms with Crippen LogP contribution in [0.15, 0.2) is 35.5 Å². The molecule has 2 aromatic rings. The first kappa shape index (κ1) is 23.6. The highest BCUT2D eigenvalue weighted by Gasteiger charge is 2.41. The Morgan fingerprint density at radius 3 is 2.69 bits per heavy atom. The zero-order chi connectivity index (χ0) is 23.8. The van der Waals surface area contributed by atoms with Gasteiger partial charge in [-0.15, -0.1) is 0 Å². The molecule has 0 saturated carbocycles. The van der Waals surface area contributed by atoms with E-state index in [0.717, 1.165) is 28.7 Å². The fraction of sp³-hybridized carbons (Fsp3) is 0.250. The van der Waals surface area contributed by atoms with E-state index >= 15 is 0 Å². The van der Waals surface area contributed by atoms with Crippen LogP contribution in [0.2, 0.25) is 5.02 Å². The van der Waals surface area contributed by atoms with Crippen molar-refractivity contribution in [2.24, 2.45) is 10.7 Å². The molecule has 0 amide bonds. The number of rotatable bonds is 4. The lowest BCUT2D eigenvalue weighted by molar-refractivity contribution is -0.131. The lowest BCUT2D eigenvalue weighted by Gasteiger charge is -2.34. The number of carbonyl (C=O) groups excluding carboxylic acids is 1. The number of nitrogens with two attached hydrogens (primary N) is 1. The molecule has 2 N–H and O–H groups in total.